The van der Waals surface area contributed by atoms with E-state index in [1.54, 1.807) is 28.8 Å². The molecule has 0 bridgehead atoms. The van der Waals surface area contributed by atoms with Crippen molar-refractivity contribution in [2.24, 2.45) is 0 Å². The molecule has 0 aliphatic carbocycles. The second-order valence-electron chi connectivity index (χ2n) is 5.77. The van der Waals surface area contributed by atoms with E-state index < -0.39 is 23.8 Å². The van der Waals surface area contributed by atoms with E-state index in [1.165, 1.54) is 24.8 Å². The summed E-state index contributed by atoms with van der Waals surface area (Å²) in [6.07, 6.45) is -2.58. The highest BCUT2D eigenvalue weighted by Gasteiger charge is 2.30. The van der Waals surface area contributed by atoms with Crippen LogP contribution in [0.2, 0.25) is 0 Å². The maximum Gasteiger partial charge on any atom is 0.416 e. The summed E-state index contributed by atoms with van der Waals surface area (Å²) >= 11 is 0. The lowest BCUT2D eigenvalue weighted by atomic mass is 10.1. The summed E-state index contributed by atoms with van der Waals surface area (Å²) < 4.78 is 39.3. The van der Waals surface area contributed by atoms with Crippen molar-refractivity contribution < 1.29 is 23.1 Å². The molecule has 2 aromatic carbocycles. The fraction of sp³-hybridized carbons (Fsp3) is 0.167. The molecule has 140 valence electrons. The lowest BCUT2D eigenvalue weighted by molar-refractivity contribution is -0.137. The normalized spacial score (nSPS) is 12.6. The number of aliphatic hydroxyl groups excluding tert-OH is 1. The number of amides is 1. The van der Waals surface area contributed by atoms with E-state index in [-0.39, 0.29) is 12.1 Å². The lowest BCUT2D eigenvalue weighted by Crippen LogP contribution is -2.28. The van der Waals surface area contributed by atoms with Gasteiger partial charge in [0.25, 0.3) is 5.91 Å². The van der Waals surface area contributed by atoms with Gasteiger partial charge < -0.3 is 10.4 Å². The summed E-state index contributed by atoms with van der Waals surface area (Å²) in [6, 6.07) is 10.9. The van der Waals surface area contributed by atoms with Crippen molar-refractivity contribution in [1.29, 1.82) is 0 Å². The minimum absolute atomic E-state index is 0.138. The van der Waals surface area contributed by atoms with Gasteiger partial charge >= 0.3 is 6.18 Å². The van der Waals surface area contributed by atoms with Crippen molar-refractivity contribution in [3.05, 3.63) is 77.9 Å². The Morgan fingerprint density at radius 3 is 2.41 bits per heavy atom. The van der Waals surface area contributed by atoms with Crippen molar-refractivity contribution in [3.8, 4) is 5.69 Å². The van der Waals surface area contributed by atoms with Crippen LogP contribution in [0.5, 0.6) is 0 Å². The average Bonchev–Trinajstić information content (AvgIpc) is 3.20. The largest absolute Gasteiger partial charge is 0.416 e. The number of aliphatic hydroxyl groups is 1. The predicted octanol–water partition coefficient (Wildman–Crippen LogP) is 2.75. The highest BCUT2D eigenvalue weighted by molar-refractivity contribution is 5.94. The molecule has 6 nitrogen and oxygen atoms in total. The van der Waals surface area contributed by atoms with Gasteiger partial charge in [0.2, 0.25) is 0 Å². The number of hydrogen-bond donors (Lipinski definition) is 2. The van der Waals surface area contributed by atoms with Crippen LogP contribution in [0.4, 0.5) is 13.2 Å². The van der Waals surface area contributed by atoms with Crippen LogP contribution in [0.25, 0.3) is 5.69 Å². The van der Waals surface area contributed by atoms with Crippen LogP contribution in [-0.4, -0.2) is 32.3 Å². The molecule has 1 aromatic heterocycles. The second-order valence-corrected chi connectivity index (χ2v) is 5.77. The zero-order valence-electron chi connectivity index (χ0n) is 13.9. The van der Waals surface area contributed by atoms with Gasteiger partial charge in [-0.05, 0) is 35.9 Å². The lowest BCUT2D eigenvalue weighted by Gasteiger charge is -2.14. The van der Waals surface area contributed by atoms with Gasteiger partial charge in [-0.3, -0.25) is 9.36 Å². The van der Waals surface area contributed by atoms with E-state index >= 15 is 0 Å². The van der Waals surface area contributed by atoms with Crippen molar-refractivity contribution in [2.45, 2.75) is 12.3 Å². The molecule has 0 fully saturated rings. The second kappa shape index (κ2) is 7.58. The summed E-state index contributed by atoms with van der Waals surface area (Å²) in [7, 11) is 0. The maximum absolute atomic E-state index is 12.6. The van der Waals surface area contributed by atoms with Gasteiger partial charge in [0, 0.05) is 17.8 Å². The van der Waals surface area contributed by atoms with Crippen LogP contribution < -0.4 is 5.32 Å². The molecule has 0 saturated carbocycles. The summed E-state index contributed by atoms with van der Waals surface area (Å²) in [6.45, 7) is -0.138. The average molecular weight is 376 g/mol. The number of halogens is 3. The maximum atomic E-state index is 12.6. The molecule has 27 heavy (non-hydrogen) atoms. The number of hydrogen-bond acceptors (Lipinski definition) is 4. The summed E-state index contributed by atoms with van der Waals surface area (Å²) in [5.74, 6) is -0.420. The van der Waals surface area contributed by atoms with Crippen LogP contribution in [0.15, 0.2) is 61.2 Å². The summed E-state index contributed by atoms with van der Waals surface area (Å²) in [5, 5.41) is 20.1. The van der Waals surface area contributed by atoms with E-state index in [0.717, 1.165) is 12.1 Å². The molecule has 0 radical (unpaired) electrons. The van der Waals surface area contributed by atoms with Crippen LogP contribution >= 0.6 is 0 Å². The molecule has 1 heterocycles. The monoisotopic (exact) mass is 376 g/mol. The van der Waals surface area contributed by atoms with E-state index in [0.29, 0.717) is 11.3 Å². The summed E-state index contributed by atoms with van der Waals surface area (Å²) in [4.78, 5) is 12.3. The van der Waals surface area contributed by atoms with Crippen molar-refractivity contribution in [2.75, 3.05) is 6.54 Å². The quantitative estimate of drug-likeness (QED) is 0.718. The van der Waals surface area contributed by atoms with Crippen LogP contribution in [0.3, 0.4) is 0 Å². The Labute approximate surface area is 152 Å². The van der Waals surface area contributed by atoms with Crippen LogP contribution in [0.1, 0.15) is 27.6 Å². The van der Waals surface area contributed by atoms with E-state index in [2.05, 4.69) is 15.5 Å². The SMILES string of the molecule is O=C(NCC(O)c1ccc(C(F)(F)F)cc1)c1cccc(-n2cnnc2)c1. The molecule has 0 aliphatic heterocycles. The molecular weight excluding hydrogens is 361 g/mol. The van der Waals surface area contributed by atoms with Crippen LogP contribution in [0, 0.1) is 0 Å². The first-order valence-corrected chi connectivity index (χ1v) is 7.93. The first kappa shape index (κ1) is 18.6. The van der Waals surface area contributed by atoms with Crippen molar-refractivity contribution >= 4 is 5.91 Å². The molecule has 0 spiro atoms. The van der Waals surface area contributed by atoms with Crippen molar-refractivity contribution in [3.63, 3.8) is 0 Å². The number of nitrogens with zero attached hydrogens (tertiary/aromatic N) is 3. The first-order chi connectivity index (χ1) is 12.8. The standard InChI is InChI=1S/C18H15F3N4O2/c19-18(20,21)14-6-4-12(5-7-14)16(26)9-22-17(27)13-2-1-3-15(8-13)25-10-23-24-11-25/h1-8,10-11,16,26H,9H2,(H,22,27). The molecule has 3 rings (SSSR count). The van der Waals surface area contributed by atoms with E-state index in [1.807, 2.05) is 0 Å². The van der Waals surface area contributed by atoms with Crippen molar-refractivity contribution in [1.82, 2.24) is 20.1 Å². The zero-order valence-corrected chi connectivity index (χ0v) is 13.9. The number of nitrogens with one attached hydrogen (secondary N) is 1. The smallest absolute Gasteiger partial charge is 0.387 e. The number of rotatable bonds is 5. The minimum atomic E-state index is -4.44. The number of carbonyl (C=O) groups is 1. The highest BCUT2D eigenvalue weighted by Crippen LogP contribution is 2.29. The Morgan fingerprint density at radius 2 is 1.78 bits per heavy atom. The molecule has 1 atom stereocenters. The van der Waals surface area contributed by atoms with Gasteiger partial charge in [-0.15, -0.1) is 10.2 Å². The Hall–Kier alpha value is -3.20. The molecule has 1 unspecified atom stereocenters. The first-order valence-electron chi connectivity index (χ1n) is 7.93. The molecule has 3 aromatic rings. The third-order valence-electron chi connectivity index (χ3n) is 3.90. The Kier molecular flexibility index (Phi) is 5.22. The minimum Gasteiger partial charge on any atom is -0.387 e. The molecule has 9 heteroatoms. The Balaban J connectivity index is 1.63. The fourth-order valence-electron chi connectivity index (χ4n) is 2.45. The van der Waals surface area contributed by atoms with Gasteiger partial charge in [0.05, 0.1) is 11.7 Å². The zero-order chi connectivity index (χ0) is 19.4. The van der Waals surface area contributed by atoms with E-state index in [9.17, 15) is 23.1 Å². The molecule has 1 amide bonds. The molecule has 0 saturated heterocycles. The van der Waals surface area contributed by atoms with Gasteiger partial charge in [-0.2, -0.15) is 13.2 Å². The third-order valence-corrected chi connectivity index (χ3v) is 3.90. The highest BCUT2D eigenvalue weighted by atomic mass is 19.4. The third kappa shape index (κ3) is 4.50. The van der Waals surface area contributed by atoms with Gasteiger partial charge in [0.15, 0.2) is 0 Å². The topological polar surface area (TPSA) is 80.0 Å². The molecule has 0 aliphatic rings. The number of aromatic nitrogens is 3. The number of carbonyl (C=O) groups excluding carboxylic acids is 1. The number of benzene rings is 2. The van der Waals surface area contributed by atoms with Gasteiger partial charge in [0.1, 0.15) is 12.7 Å². The van der Waals surface area contributed by atoms with E-state index in [4.69, 9.17) is 0 Å². The Bertz CT molecular complexity index is 909. The Morgan fingerprint density at radius 1 is 1.11 bits per heavy atom. The molecule has 2 N–H and O–H groups in total. The number of alkyl halides is 3. The van der Waals surface area contributed by atoms with Gasteiger partial charge in [-0.1, -0.05) is 18.2 Å². The molecular formula is C18H15F3N4O2. The fourth-order valence-corrected chi connectivity index (χ4v) is 2.45. The van der Waals surface area contributed by atoms with Crippen LogP contribution in [-0.2, 0) is 6.18 Å². The van der Waals surface area contributed by atoms with Gasteiger partial charge in [-0.25, -0.2) is 0 Å². The predicted molar refractivity (Wildman–Crippen MR) is 90.1 cm³/mol. The summed E-state index contributed by atoms with van der Waals surface area (Å²) in [5.41, 5.74) is 0.534.